The first-order valence-electron chi connectivity index (χ1n) is 5.36. The maximum atomic E-state index is 12.2. The quantitative estimate of drug-likeness (QED) is 0.837. The first-order valence-corrected chi connectivity index (χ1v) is 5.74. The number of hydrogen-bond donors (Lipinski definition) is 0. The van der Waals surface area contributed by atoms with E-state index in [0.29, 0.717) is 16.1 Å². The van der Waals surface area contributed by atoms with Gasteiger partial charge in [-0.1, -0.05) is 23.7 Å². The molecule has 0 aliphatic heterocycles. The molecule has 0 saturated heterocycles. The van der Waals surface area contributed by atoms with Gasteiger partial charge in [0.25, 0.3) is 0 Å². The number of alkyl halides is 3. The average molecular weight is 288 g/mol. The molecule has 0 atom stereocenters. The van der Waals surface area contributed by atoms with Gasteiger partial charge in [0.05, 0.1) is 0 Å². The summed E-state index contributed by atoms with van der Waals surface area (Å²) in [6, 6.07) is 10.00. The van der Waals surface area contributed by atoms with Crippen LogP contribution in [0.15, 0.2) is 42.6 Å². The van der Waals surface area contributed by atoms with E-state index in [9.17, 15) is 13.2 Å². The lowest BCUT2D eigenvalue weighted by molar-refractivity contribution is -0.154. The van der Waals surface area contributed by atoms with E-state index in [4.69, 9.17) is 16.3 Å². The average Bonchev–Trinajstić information content (AvgIpc) is 2.36. The first kappa shape index (κ1) is 13.7. The zero-order chi connectivity index (χ0) is 13.9. The van der Waals surface area contributed by atoms with E-state index in [0.717, 1.165) is 0 Å². The van der Waals surface area contributed by atoms with Crippen LogP contribution in [0.4, 0.5) is 13.2 Å². The molecule has 0 aliphatic rings. The summed E-state index contributed by atoms with van der Waals surface area (Å²) in [5, 5.41) is 0.489. The molecule has 1 aromatic heterocycles. The summed E-state index contributed by atoms with van der Waals surface area (Å²) < 4.78 is 41.2. The third kappa shape index (κ3) is 3.86. The van der Waals surface area contributed by atoms with E-state index in [1.807, 2.05) is 0 Å². The molecule has 0 aliphatic carbocycles. The van der Waals surface area contributed by atoms with E-state index < -0.39 is 12.8 Å². The van der Waals surface area contributed by atoms with Crippen molar-refractivity contribution in [1.82, 2.24) is 4.98 Å². The Labute approximate surface area is 112 Å². The van der Waals surface area contributed by atoms with E-state index in [2.05, 4.69) is 4.98 Å². The highest BCUT2D eigenvalue weighted by Crippen LogP contribution is 2.30. The van der Waals surface area contributed by atoms with Crippen LogP contribution in [0.3, 0.4) is 0 Å². The van der Waals surface area contributed by atoms with Gasteiger partial charge < -0.3 is 4.74 Å². The highest BCUT2D eigenvalue weighted by atomic mass is 35.5. The number of pyridine rings is 1. The van der Waals surface area contributed by atoms with Crippen molar-refractivity contribution < 1.29 is 17.9 Å². The number of ether oxygens (including phenoxy) is 1. The number of benzene rings is 1. The second-order valence-corrected chi connectivity index (χ2v) is 4.21. The molecule has 2 aromatic rings. The van der Waals surface area contributed by atoms with E-state index in [1.54, 1.807) is 36.4 Å². The third-order valence-electron chi connectivity index (χ3n) is 2.28. The first-order chi connectivity index (χ1) is 8.96. The topological polar surface area (TPSA) is 22.1 Å². The van der Waals surface area contributed by atoms with Gasteiger partial charge in [0.15, 0.2) is 6.61 Å². The number of rotatable bonds is 3. The van der Waals surface area contributed by atoms with Crippen molar-refractivity contribution >= 4 is 11.6 Å². The monoisotopic (exact) mass is 287 g/mol. The smallest absolute Gasteiger partial charge is 0.422 e. The standard InChI is InChI=1S/C13H9ClF3NO/c14-10-4-1-3-9(7-10)11-5-2-6-18-12(11)19-8-13(15,16)17/h1-7H,8H2. The molecule has 19 heavy (non-hydrogen) atoms. The summed E-state index contributed by atoms with van der Waals surface area (Å²) in [5.41, 5.74) is 1.12. The van der Waals surface area contributed by atoms with Gasteiger partial charge in [-0.05, 0) is 29.8 Å². The van der Waals surface area contributed by atoms with Crippen LogP contribution in [0, 0.1) is 0 Å². The molecule has 0 bridgehead atoms. The SMILES string of the molecule is FC(F)(F)COc1ncccc1-c1cccc(Cl)c1. The number of hydrogen-bond acceptors (Lipinski definition) is 2. The Kier molecular flexibility index (Phi) is 3.95. The zero-order valence-electron chi connectivity index (χ0n) is 9.62. The molecule has 2 nitrogen and oxygen atoms in total. The molecular weight excluding hydrogens is 279 g/mol. The van der Waals surface area contributed by atoms with E-state index in [1.165, 1.54) is 6.20 Å². The van der Waals surface area contributed by atoms with Crippen LogP contribution in [0.1, 0.15) is 0 Å². The van der Waals surface area contributed by atoms with Crippen LogP contribution >= 0.6 is 11.6 Å². The number of nitrogens with zero attached hydrogens (tertiary/aromatic N) is 1. The lowest BCUT2D eigenvalue weighted by Crippen LogP contribution is -2.19. The second kappa shape index (κ2) is 5.48. The minimum absolute atomic E-state index is 0.0675. The van der Waals surface area contributed by atoms with E-state index >= 15 is 0 Å². The molecular formula is C13H9ClF3NO. The van der Waals surface area contributed by atoms with Gasteiger partial charge in [-0.2, -0.15) is 13.2 Å². The maximum absolute atomic E-state index is 12.2. The molecule has 1 heterocycles. The zero-order valence-corrected chi connectivity index (χ0v) is 10.4. The fourth-order valence-electron chi connectivity index (χ4n) is 1.53. The Balaban J connectivity index is 2.31. The molecule has 6 heteroatoms. The fraction of sp³-hybridized carbons (Fsp3) is 0.154. The van der Waals surface area contributed by atoms with Crippen molar-refractivity contribution in [2.75, 3.05) is 6.61 Å². The molecule has 0 unspecified atom stereocenters. The third-order valence-corrected chi connectivity index (χ3v) is 2.51. The highest BCUT2D eigenvalue weighted by molar-refractivity contribution is 6.30. The van der Waals surface area contributed by atoms with Crippen LogP contribution in [-0.4, -0.2) is 17.8 Å². The summed E-state index contributed by atoms with van der Waals surface area (Å²) in [7, 11) is 0. The van der Waals surface area contributed by atoms with Crippen molar-refractivity contribution in [2.45, 2.75) is 6.18 Å². The van der Waals surface area contributed by atoms with Gasteiger partial charge in [0.2, 0.25) is 5.88 Å². The largest absolute Gasteiger partial charge is 0.468 e. The summed E-state index contributed by atoms with van der Waals surface area (Å²) in [6.07, 6.45) is -3.02. The Bertz CT molecular complexity index is 572. The molecule has 0 N–H and O–H groups in total. The van der Waals surface area contributed by atoms with Crippen molar-refractivity contribution in [3.63, 3.8) is 0 Å². The molecule has 0 fully saturated rings. The summed E-state index contributed by atoms with van der Waals surface area (Å²) in [6.45, 7) is -1.38. The van der Waals surface area contributed by atoms with Gasteiger partial charge in [-0.15, -0.1) is 0 Å². The number of aromatic nitrogens is 1. The Hall–Kier alpha value is -1.75. The predicted octanol–water partition coefficient (Wildman–Crippen LogP) is 4.34. The van der Waals surface area contributed by atoms with Crippen LogP contribution in [0.5, 0.6) is 5.88 Å². The molecule has 0 amide bonds. The van der Waals surface area contributed by atoms with Gasteiger partial charge >= 0.3 is 6.18 Å². The van der Waals surface area contributed by atoms with Crippen molar-refractivity contribution in [1.29, 1.82) is 0 Å². The van der Waals surface area contributed by atoms with Gasteiger partial charge in [0, 0.05) is 16.8 Å². The summed E-state index contributed by atoms with van der Waals surface area (Å²) in [5.74, 6) is -0.0675. The molecule has 0 saturated carbocycles. The van der Waals surface area contributed by atoms with Crippen molar-refractivity contribution in [2.24, 2.45) is 0 Å². The van der Waals surface area contributed by atoms with Gasteiger partial charge in [-0.25, -0.2) is 4.98 Å². The lowest BCUT2D eigenvalue weighted by Gasteiger charge is -2.12. The highest BCUT2D eigenvalue weighted by Gasteiger charge is 2.29. The molecule has 0 radical (unpaired) electrons. The molecule has 0 spiro atoms. The van der Waals surface area contributed by atoms with Crippen LogP contribution in [-0.2, 0) is 0 Å². The second-order valence-electron chi connectivity index (χ2n) is 3.77. The van der Waals surface area contributed by atoms with Gasteiger partial charge in [-0.3, -0.25) is 0 Å². The van der Waals surface area contributed by atoms with E-state index in [-0.39, 0.29) is 5.88 Å². The summed E-state index contributed by atoms with van der Waals surface area (Å²) >= 11 is 5.86. The fourth-order valence-corrected chi connectivity index (χ4v) is 1.72. The minimum atomic E-state index is -4.40. The molecule has 1 aromatic carbocycles. The van der Waals surface area contributed by atoms with Gasteiger partial charge in [0.1, 0.15) is 0 Å². The Morgan fingerprint density at radius 1 is 1.16 bits per heavy atom. The normalized spacial score (nSPS) is 11.4. The van der Waals surface area contributed by atoms with Crippen LogP contribution in [0.2, 0.25) is 5.02 Å². The number of halogens is 4. The summed E-state index contributed by atoms with van der Waals surface area (Å²) in [4.78, 5) is 3.82. The van der Waals surface area contributed by atoms with Crippen LogP contribution < -0.4 is 4.74 Å². The lowest BCUT2D eigenvalue weighted by atomic mass is 10.1. The predicted molar refractivity (Wildman–Crippen MR) is 66.2 cm³/mol. The molecule has 2 rings (SSSR count). The Morgan fingerprint density at radius 3 is 2.63 bits per heavy atom. The minimum Gasteiger partial charge on any atom is -0.468 e. The van der Waals surface area contributed by atoms with Crippen LogP contribution in [0.25, 0.3) is 11.1 Å². The molecule has 100 valence electrons. The van der Waals surface area contributed by atoms with Crippen molar-refractivity contribution in [3.8, 4) is 17.0 Å². The maximum Gasteiger partial charge on any atom is 0.422 e. The van der Waals surface area contributed by atoms with Crippen molar-refractivity contribution in [3.05, 3.63) is 47.6 Å². The Morgan fingerprint density at radius 2 is 1.95 bits per heavy atom.